The summed E-state index contributed by atoms with van der Waals surface area (Å²) in [4.78, 5) is 49.5. The number of rotatable bonds is 9. The normalized spacial score (nSPS) is 14.1. The number of methoxy groups -OCH3 is 1. The number of carbonyl (C=O) groups is 4. The van der Waals surface area contributed by atoms with Crippen molar-refractivity contribution in [2.75, 3.05) is 33.4 Å². The van der Waals surface area contributed by atoms with Gasteiger partial charge in [0.1, 0.15) is 5.38 Å². The van der Waals surface area contributed by atoms with Crippen molar-refractivity contribution in [1.29, 1.82) is 0 Å². The highest BCUT2D eigenvalue weighted by Gasteiger charge is 2.35. The van der Waals surface area contributed by atoms with Gasteiger partial charge in [-0.25, -0.2) is 0 Å². The lowest BCUT2D eigenvalue weighted by Gasteiger charge is -2.12. The lowest BCUT2D eigenvalue weighted by molar-refractivity contribution is -0.120. The van der Waals surface area contributed by atoms with E-state index in [0.29, 0.717) is 13.0 Å². The summed E-state index contributed by atoms with van der Waals surface area (Å²) in [5.41, 5.74) is 0.775. The van der Waals surface area contributed by atoms with E-state index in [1.807, 2.05) is 0 Å². The smallest absolute Gasteiger partial charge is 0.261 e. The van der Waals surface area contributed by atoms with Gasteiger partial charge in [-0.05, 0) is 31.5 Å². The molecule has 0 bridgehead atoms. The second kappa shape index (κ2) is 9.48. The second-order valence-electron chi connectivity index (χ2n) is 6.03. The van der Waals surface area contributed by atoms with Gasteiger partial charge in [0.25, 0.3) is 17.7 Å². The molecule has 2 rings (SSSR count). The van der Waals surface area contributed by atoms with E-state index in [1.165, 1.54) is 18.2 Å². The summed E-state index contributed by atoms with van der Waals surface area (Å²) in [5.74, 6) is -1.50. The van der Waals surface area contributed by atoms with Gasteiger partial charge in [-0.15, -0.1) is 11.6 Å². The van der Waals surface area contributed by atoms with E-state index in [-0.39, 0.29) is 48.1 Å². The van der Waals surface area contributed by atoms with Gasteiger partial charge in [0.05, 0.1) is 11.1 Å². The molecular weight excluding hydrogens is 374 g/mol. The maximum Gasteiger partial charge on any atom is 0.261 e. The maximum atomic E-state index is 12.4. The van der Waals surface area contributed by atoms with E-state index < -0.39 is 17.2 Å². The number of amides is 4. The lowest BCUT2D eigenvalue weighted by atomic mass is 10.1. The summed E-state index contributed by atoms with van der Waals surface area (Å²) >= 11 is 5.63. The Morgan fingerprint density at radius 2 is 1.81 bits per heavy atom. The van der Waals surface area contributed by atoms with Crippen molar-refractivity contribution in [3.8, 4) is 0 Å². The Morgan fingerprint density at radius 1 is 1.15 bits per heavy atom. The number of imide groups is 1. The van der Waals surface area contributed by atoms with Crippen molar-refractivity contribution in [3.05, 3.63) is 34.9 Å². The van der Waals surface area contributed by atoms with Crippen LogP contribution in [0.5, 0.6) is 0 Å². The Labute approximate surface area is 162 Å². The third kappa shape index (κ3) is 5.05. The molecule has 0 saturated heterocycles. The van der Waals surface area contributed by atoms with Crippen LogP contribution in [0.3, 0.4) is 0 Å². The lowest BCUT2D eigenvalue weighted by Crippen LogP contribution is -2.37. The summed E-state index contributed by atoms with van der Waals surface area (Å²) in [6, 6.07) is 4.40. The third-order valence-corrected chi connectivity index (χ3v) is 4.23. The number of alkyl halides is 1. The molecule has 0 saturated carbocycles. The van der Waals surface area contributed by atoms with Crippen molar-refractivity contribution in [1.82, 2.24) is 15.5 Å². The first kappa shape index (κ1) is 20.9. The molecule has 1 unspecified atom stereocenters. The number of nitrogens with zero attached hydrogens (tertiary/aromatic N) is 1. The summed E-state index contributed by atoms with van der Waals surface area (Å²) in [5, 5.41) is 4.57. The van der Waals surface area contributed by atoms with Crippen molar-refractivity contribution in [2.45, 2.75) is 18.7 Å². The van der Waals surface area contributed by atoms with Crippen LogP contribution in [-0.2, 0) is 9.53 Å². The van der Waals surface area contributed by atoms with Crippen molar-refractivity contribution < 1.29 is 23.9 Å². The Morgan fingerprint density at radius 3 is 2.48 bits per heavy atom. The van der Waals surface area contributed by atoms with E-state index in [9.17, 15) is 19.2 Å². The third-order valence-electron chi connectivity index (χ3n) is 4.03. The summed E-state index contributed by atoms with van der Waals surface area (Å²) in [7, 11) is 1.55. The molecule has 146 valence electrons. The van der Waals surface area contributed by atoms with Crippen LogP contribution in [0.4, 0.5) is 0 Å². The fourth-order valence-corrected chi connectivity index (χ4v) is 2.68. The van der Waals surface area contributed by atoms with Gasteiger partial charge in [0.15, 0.2) is 0 Å². The predicted octanol–water partition coefficient (Wildman–Crippen LogP) is 0.792. The molecule has 8 nitrogen and oxygen atoms in total. The van der Waals surface area contributed by atoms with Gasteiger partial charge < -0.3 is 15.4 Å². The SMILES string of the molecule is COCCCN1C(=O)c2ccc(C(=O)NCCNC(=O)C(C)Cl)cc2C1=O. The molecule has 2 N–H and O–H groups in total. The van der Waals surface area contributed by atoms with E-state index in [2.05, 4.69) is 10.6 Å². The molecule has 0 aromatic heterocycles. The topological polar surface area (TPSA) is 105 Å². The Kier molecular flexibility index (Phi) is 7.32. The quantitative estimate of drug-likeness (QED) is 0.365. The minimum absolute atomic E-state index is 0.210. The zero-order chi connectivity index (χ0) is 20.0. The van der Waals surface area contributed by atoms with Gasteiger partial charge in [-0.3, -0.25) is 24.1 Å². The molecule has 1 heterocycles. The fourth-order valence-electron chi connectivity index (χ4n) is 2.61. The number of benzene rings is 1. The average Bonchev–Trinajstić information content (AvgIpc) is 2.89. The minimum Gasteiger partial charge on any atom is -0.385 e. The first-order chi connectivity index (χ1) is 12.9. The van der Waals surface area contributed by atoms with E-state index >= 15 is 0 Å². The maximum absolute atomic E-state index is 12.4. The Bertz CT molecular complexity index is 751. The van der Waals surface area contributed by atoms with Crippen LogP contribution < -0.4 is 10.6 Å². The molecule has 0 spiro atoms. The van der Waals surface area contributed by atoms with Gasteiger partial charge in [0.2, 0.25) is 5.91 Å². The molecule has 4 amide bonds. The molecular formula is C18H22ClN3O5. The van der Waals surface area contributed by atoms with Gasteiger partial charge in [-0.2, -0.15) is 0 Å². The second-order valence-corrected chi connectivity index (χ2v) is 6.69. The zero-order valence-corrected chi connectivity index (χ0v) is 16.0. The number of nitrogens with one attached hydrogen (secondary N) is 2. The number of carbonyl (C=O) groups excluding carboxylic acids is 4. The molecule has 27 heavy (non-hydrogen) atoms. The van der Waals surface area contributed by atoms with Crippen LogP contribution in [0.2, 0.25) is 0 Å². The van der Waals surface area contributed by atoms with Gasteiger partial charge in [-0.1, -0.05) is 0 Å². The average molecular weight is 396 g/mol. The first-order valence-electron chi connectivity index (χ1n) is 8.56. The molecule has 1 aromatic carbocycles. The van der Waals surface area contributed by atoms with Crippen molar-refractivity contribution in [2.24, 2.45) is 0 Å². The number of hydrogen-bond donors (Lipinski definition) is 2. The fraction of sp³-hybridized carbons (Fsp3) is 0.444. The molecule has 9 heteroatoms. The molecule has 0 aliphatic carbocycles. The highest BCUT2D eigenvalue weighted by Crippen LogP contribution is 2.24. The molecule has 0 radical (unpaired) electrons. The number of halogens is 1. The van der Waals surface area contributed by atoms with Crippen LogP contribution in [0.15, 0.2) is 18.2 Å². The van der Waals surface area contributed by atoms with Crippen LogP contribution in [0.25, 0.3) is 0 Å². The number of hydrogen-bond acceptors (Lipinski definition) is 5. The van der Waals surface area contributed by atoms with Crippen LogP contribution >= 0.6 is 11.6 Å². The Hall–Kier alpha value is -2.45. The van der Waals surface area contributed by atoms with Crippen molar-refractivity contribution >= 4 is 35.2 Å². The van der Waals surface area contributed by atoms with Crippen LogP contribution in [-0.4, -0.2) is 67.3 Å². The molecule has 1 aromatic rings. The van der Waals surface area contributed by atoms with E-state index in [4.69, 9.17) is 16.3 Å². The summed E-state index contributed by atoms with van der Waals surface area (Å²) in [6.45, 7) is 2.70. The minimum atomic E-state index is -0.646. The standard InChI is InChI=1S/C18H22ClN3O5/c1-11(19)15(23)20-6-7-21-16(24)12-4-5-13-14(10-12)18(26)22(17(13)25)8-3-9-27-2/h4-5,10-11H,3,6-9H2,1-2H3,(H,20,23)(H,21,24). The largest absolute Gasteiger partial charge is 0.385 e. The molecule has 1 atom stereocenters. The van der Waals surface area contributed by atoms with E-state index in [0.717, 1.165) is 4.90 Å². The molecule has 1 aliphatic rings. The Balaban J connectivity index is 1.96. The number of ether oxygens (including phenoxy) is 1. The summed E-state index contributed by atoms with van der Waals surface area (Å²) < 4.78 is 4.94. The summed E-state index contributed by atoms with van der Waals surface area (Å²) in [6.07, 6.45) is 0.544. The van der Waals surface area contributed by atoms with Crippen LogP contribution in [0.1, 0.15) is 44.4 Å². The highest BCUT2D eigenvalue weighted by molar-refractivity contribution is 6.30. The highest BCUT2D eigenvalue weighted by atomic mass is 35.5. The van der Waals surface area contributed by atoms with Crippen LogP contribution in [0, 0.1) is 0 Å². The molecule has 0 fully saturated rings. The first-order valence-corrected chi connectivity index (χ1v) is 8.99. The monoisotopic (exact) mass is 395 g/mol. The van der Waals surface area contributed by atoms with Crippen molar-refractivity contribution in [3.63, 3.8) is 0 Å². The van der Waals surface area contributed by atoms with Gasteiger partial charge >= 0.3 is 0 Å². The molecule has 1 aliphatic heterocycles. The van der Waals surface area contributed by atoms with Gasteiger partial charge in [0, 0.05) is 38.9 Å². The van der Waals surface area contributed by atoms with E-state index in [1.54, 1.807) is 14.0 Å². The predicted molar refractivity (Wildman–Crippen MR) is 99.0 cm³/mol. The number of fused-ring (bicyclic) bond motifs is 1. The zero-order valence-electron chi connectivity index (χ0n) is 15.2.